The first-order valence-electron chi connectivity index (χ1n) is 10.4. The molecule has 31 heavy (non-hydrogen) atoms. The van der Waals surface area contributed by atoms with Crippen LogP contribution in [0.25, 0.3) is 0 Å². The van der Waals surface area contributed by atoms with E-state index in [0.717, 1.165) is 43.4 Å². The summed E-state index contributed by atoms with van der Waals surface area (Å²) < 4.78 is 48.5. The number of hydrogen-bond acceptors (Lipinski definition) is 6. The van der Waals surface area contributed by atoms with Crippen LogP contribution in [0.3, 0.4) is 0 Å². The van der Waals surface area contributed by atoms with Crippen LogP contribution >= 0.6 is 0 Å². The summed E-state index contributed by atoms with van der Waals surface area (Å²) in [4.78, 5) is 10.7. The zero-order valence-electron chi connectivity index (χ0n) is 18.6. The molecule has 1 aromatic rings. The Morgan fingerprint density at radius 1 is 1.42 bits per heavy atom. The fourth-order valence-electron chi connectivity index (χ4n) is 4.00. The number of allylic oxidation sites excluding steroid dienone is 3. The SMILES string of the molecule is C=C(/N=C\C(=C/C)S(=O)(=O)Nc1cc2c(nc1OC)CCN(C)CC2)[C@]1(F)C[C@@H](C)C1. The molecule has 1 N–H and O–H groups in total. The lowest BCUT2D eigenvalue weighted by atomic mass is 9.72. The monoisotopic (exact) mass is 450 g/mol. The Bertz CT molecular complexity index is 1010. The first-order valence-corrected chi connectivity index (χ1v) is 11.9. The van der Waals surface area contributed by atoms with E-state index >= 15 is 0 Å². The van der Waals surface area contributed by atoms with Gasteiger partial charge in [-0.15, -0.1) is 0 Å². The number of nitrogens with one attached hydrogen (secondary N) is 1. The van der Waals surface area contributed by atoms with Crippen molar-refractivity contribution in [2.24, 2.45) is 10.9 Å². The topological polar surface area (TPSA) is 83.9 Å². The summed E-state index contributed by atoms with van der Waals surface area (Å²) in [5.41, 5.74) is 0.672. The molecule has 0 radical (unpaired) electrons. The number of sulfonamides is 1. The second-order valence-electron chi connectivity index (χ2n) is 8.43. The van der Waals surface area contributed by atoms with E-state index in [2.05, 4.69) is 26.2 Å². The van der Waals surface area contributed by atoms with Gasteiger partial charge in [-0.05, 0) is 50.8 Å². The first kappa shape index (κ1) is 23.4. The lowest BCUT2D eigenvalue weighted by molar-refractivity contribution is 0.0515. The minimum Gasteiger partial charge on any atom is -0.479 e. The highest BCUT2D eigenvalue weighted by atomic mass is 32.2. The number of rotatable bonds is 7. The Kier molecular flexibility index (Phi) is 6.85. The van der Waals surface area contributed by atoms with E-state index in [-0.39, 0.29) is 28.1 Å². The molecule has 3 rings (SSSR count). The van der Waals surface area contributed by atoms with Crippen molar-refractivity contribution in [1.82, 2.24) is 9.88 Å². The third-order valence-electron chi connectivity index (χ3n) is 5.89. The molecule has 1 aliphatic carbocycles. The van der Waals surface area contributed by atoms with Gasteiger partial charge >= 0.3 is 0 Å². The van der Waals surface area contributed by atoms with Crippen LogP contribution in [0.1, 0.15) is 37.9 Å². The highest BCUT2D eigenvalue weighted by Gasteiger charge is 2.45. The third kappa shape index (κ3) is 5.15. The van der Waals surface area contributed by atoms with E-state index < -0.39 is 15.7 Å². The van der Waals surface area contributed by atoms with Gasteiger partial charge in [-0.2, -0.15) is 0 Å². The van der Waals surface area contributed by atoms with Gasteiger partial charge in [-0.25, -0.2) is 17.8 Å². The maximum Gasteiger partial charge on any atom is 0.263 e. The Balaban J connectivity index is 1.82. The summed E-state index contributed by atoms with van der Waals surface area (Å²) in [5, 5.41) is 0. The number of aliphatic imine (C=N–C) groups is 1. The molecule has 2 aliphatic rings. The molecule has 9 heteroatoms. The van der Waals surface area contributed by atoms with E-state index in [0.29, 0.717) is 12.8 Å². The van der Waals surface area contributed by atoms with E-state index in [1.54, 1.807) is 13.0 Å². The predicted molar refractivity (Wildman–Crippen MR) is 122 cm³/mol. The number of aromatic nitrogens is 1. The molecule has 7 nitrogen and oxygen atoms in total. The maximum atomic E-state index is 14.6. The average molecular weight is 451 g/mol. The molecule has 0 aromatic carbocycles. The second kappa shape index (κ2) is 9.08. The summed E-state index contributed by atoms with van der Waals surface area (Å²) in [6.07, 6.45) is 4.80. The van der Waals surface area contributed by atoms with E-state index in [9.17, 15) is 12.8 Å². The van der Waals surface area contributed by atoms with E-state index in [1.165, 1.54) is 13.2 Å². The summed E-state index contributed by atoms with van der Waals surface area (Å²) in [6, 6.07) is 1.79. The number of hydrogen-bond donors (Lipinski definition) is 1. The molecular formula is C22H31FN4O3S. The minimum absolute atomic E-state index is 0.0496. The van der Waals surface area contributed by atoms with Crippen molar-refractivity contribution in [3.8, 4) is 5.88 Å². The highest BCUT2D eigenvalue weighted by molar-refractivity contribution is 7.97. The molecule has 1 saturated carbocycles. The quantitative estimate of drug-likeness (QED) is 0.643. The summed E-state index contributed by atoms with van der Waals surface area (Å²) >= 11 is 0. The number of nitrogens with zero attached hydrogens (tertiary/aromatic N) is 3. The van der Waals surface area contributed by atoms with Crippen molar-refractivity contribution in [3.05, 3.63) is 40.6 Å². The number of likely N-dealkylation sites (N-methyl/N-ethyl adjacent to an activating group) is 1. The molecule has 170 valence electrons. The van der Waals surface area contributed by atoms with Crippen molar-refractivity contribution < 1.29 is 17.5 Å². The Morgan fingerprint density at radius 2 is 2.10 bits per heavy atom. The van der Waals surface area contributed by atoms with Gasteiger partial charge < -0.3 is 9.64 Å². The number of methoxy groups -OCH3 is 1. The normalized spacial score (nSPS) is 24.9. The number of ether oxygens (including phenoxy) is 1. The first-order chi connectivity index (χ1) is 14.6. The molecule has 0 saturated heterocycles. The summed E-state index contributed by atoms with van der Waals surface area (Å²) in [5.74, 6) is 0.492. The Hall–Kier alpha value is -2.26. The van der Waals surface area contributed by atoms with Crippen molar-refractivity contribution in [3.63, 3.8) is 0 Å². The molecule has 0 unspecified atom stereocenters. The van der Waals surface area contributed by atoms with Crippen molar-refractivity contribution >= 4 is 21.9 Å². The Morgan fingerprint density at radius 3 is 2.71 bits per heavy atom. The minimum atomic E-state index is -3.98. The van der Waals surface area contributed by atoms with Crippen LogP contribution in [-0.4, -0.2) is 57.4 Å². The van der Waals surface area contributed by atoms with Gasteiger partial charge in [-0.1, -0.05) is 19.6 Å². The van der Waals surface area contributed by atoms with Crippen LogP contribution < -0.4 is 9.46 Å². The molecule has 0 bridgehead atoms. The fourth-order valence-corrected chi connectivity index (χ4v) is 5.05. The molecule has 1 fully saturated rings. The smallest absolute Gasteiger partial charge is 0.263 e. The Labute approximate surface area is 184 Å². The van der Waals surface area contributed by atoms with Gasteiger partial charge in [-0.3, -0.25) is 9.71 Å². The highest BCUT2D eigenvalue weighted by Crippen LogP contribution is 2.45. The van der Waals surface area contributed by atoms with Gasteiger partial charge in [0.2, 0.25) is 5.88 Å². The summed E-state index contributed by atoms with van der Waals surface area (Å²) in [7, 11) is -0.476. The van der Waals surface area contributed by atoms with Gasteiger partial charge in [0.25, 0.3) is 10.0 Å². The van der Waals surface area contributed by atoms with Crippen LogP contribution in [-0.2, 0) is 22.9 Å². The second-order valence-corrected chi connectivity index (χ2v) is 10.1. The van der Waals surface area contributed by atoms with Crippen molar-refractivity contribution in [2.45, 2.75) is 45.2 Å². The lowest BCUT2D eigenvalue weighted by Gasteiger charge is -2.39. The van der Waals surface area contributed by atoms with E-state index in [1.807, 2.05) is 14.0 Å². The van der Waals surface area contributed by atoms with Crippen molar-refractivity contribution in [2.75, 3.05) is 32.0 Å². The molecular weight excluding hydrogens is 419 g/mol. The zero-order chi connectivity index (χ0) is 22.8. The van der Waals surface area contributed by atoms with E-state index in [4.69, 9.17) is 4.74 Å². The van der Waals surface area contributed by atoms with Gasteiger partial charge in [0.05, 0.1) is 12.8 Å². The predicted octanol–water partition coefficient (Wildman–Crippen LogP) is 3.49. The maximum absolute atomic E-state index is 14.6. The van der Waals surface area contributed by atoms with Crippen LogP contribution in [0, 0.1) is 5.92 Å². The summed E-state index contributed by atoms with van der Waals surface area (Å²) in [6.45, 7) is 8.99. The lowest BCUT2D eigenvalue weighted by Crippen LogP contribution is -2.39. The van der Waals surface area contributed by atoms with Gasteiger partial charge in [0.15, 0.2) is 5.67 Å². The third-order valence-corrected chi connectivity index (χ3v) is 7.34. The van der Waals surface area contributed by atoms with Crippen LogP contribution in [0.5, 0.6) is 5.88 Å². The molecule has 1 aliphatic heterocycles. The molecule has 0 amide bonds. The number of halogens is 1. The van der Waals surface area contributed by atoms with Crippen LogP contribution in [0.15, 0.2) is 34.3 Å². The fraction of sp³-hybridized carbons (Fsp3) is 0.545. The molecule has 1 aromatic heterocycles. The number of anilines is 1. The number of pyridine rings is 1. The standard InChI is InChI=1S/C22H31FN4O3S/c1-6-18(14-24-16(3)22(23)12-15(2)13-22)31(28,29)26-20-11-17-7-9-27(4)10-8-19(17)25-21(20)30-5/h6,11,14-15,26H,3,7-10,12-13H2,1-2,4-5H3/b18-6+,24-14-/t15-,22+. The largest absolute Gasteiger partial charge is 0.479 e. The molecule has 0 atom stereocenters. The number of alkyl halides is 1. The van der Waals surface area contributed by atoms with Gasteiger partial charge in [0, 0.05) is 31.4 Å². The average Bonchev–Trinajstić information content (AvgIpc) is 2.87. The van der Waals surface area contributed by atoms with Crippen LogP contribution in [0.2, 0.25) is 0 Å². The molecule has 2 heterocycles. The van der Waals surface area contributed by atoms with Crippen LogP contribution in [0.4, 0.5) is 10.1 Å². The van der Waals surface area contributed by atoms with Crippen molar-refractivity contribution in [1.29, 1.82) is 0 Å². The number of fused-ring (bicyclic) bond motifs is 1. The zero-order valence-corrected chi connectivity index (χ0v) is 19.4. The molecule has 0 spiro atoms. The van der Waals surface area contributed by atoms with Gasteiger partial charge in [0.1, 0.15) is 10.6 Å².